The van der Waals surface area contributed by atoms with Crippen LogP contribution < -0.4 is 4.74 Å². The average molecular weight is 434 g/mol. The smallest absolute Gasteiger partial charge is 0.175 e. The lowest BCUT2D eigenvalue weighted by Gasteiger charge is -2.05. The van der Waals surface area contributed by atoms with Crippen molar-refractivity contribution in [2.45, 2.75) is 12.5 Å². The maximum atomic E-state index is 9.83. The zero-order valence-electron chi connectivity index (χ0n) is 12.9. The summed E-state index contributed by atoms with van der Waals surface area (Å²) < 4.78 is 5.81. The predicted molar refractivity (Wildman–Crippen MR) is 101 cm³/mol. The number of halogens is 1. The lowest BCUT2D eigenvalue weighted by atomic mass is 10.1. The Bertz CT molecular complexity index is 819. The van der Waals surface area contributed by atoms with Crippen LogP contribution >= 0.6 is 22.6 Å². The topological polar surface area (TPSA) is 78.9 Å². The summed E-state index contributed by atoms with van der Waals surface area (Å²) in [6.45, 7) is 0. The molecule has 0 fully saturated rings. The molecule has 0 aromatic heterocycles. The van der Waals surface area contributed by atoms with Crippen LogP contribution in [0.1, 0.15) is 23.6 Å². The molecule has 1 unspecified atom stereocenters. The molecule has 122 valence electrons. The number of amidine groups is 1. The van der Waals surface area contributed by atoms with Gasteiger partial charge in [-0.25, -0.2) is 0 Å². The number of benzene rings is 2. The predicted octanol–water partition coefficient (Wildman–Crippen LogP) is 4.34. The highest BCUT2D eigenvalue weighted by Gasteiger charge is 2.19. The van der Waals surface area contributed by atoms with Gasteiger partial charge in [-0.1, -0.05) is 30.3 Å². The average Bonchev–Trinajstić information content (AvgIpc) is 3.07. The fourth-order valence-electron chi connectivity index (χ4n) is 2.30. The Morgan fingerprint density at radius 3 is 2.83 bits per heavy atom. The first-order valence-electron chi connectivity index (χ1n) is 7.29. The largest absolute Gasteiger partial charge is 0.504 e. The Kier molecular flexibility index (Phi) is 5.19. The van der Waals surface area contributed by atoms with Crippen LogP contribution in [0, 0.1) is 3.57 Å². The molecule has 0 saturated carbocycles. The first kappa shape index (κ1) is 16.6. The van der Waals surface area contributed by atoms with Gasteiger partial charge in [-0.3, -0.25) is 0 Å². The summed E-state index contributed by atoms with van der Waals surface area (Å²) in [6.07, 6.45) is 2.24. The molecule has 0 aliphatic carbocycles. The van der Waals surface area contributed by atoms with Crippen molar-refractivity contribution in [1.29, 1.82) is 0 Å². The van der Waals surface area contributed by atoms with Crippen molar-refractivity contribution in [2.24, 2.45) is 20.4 Å². The molecular weight excluding hydrogens is 419 g/mol. The molecule has 0 amide bonds. The summed E-state index contributed by atoms with van der Waals surface area (Å²) in [6, 6.07) is 13.5. The maximum Gasteiger partial charge on any atom is 0.175 e. The van der Waals surface area contributed by atoms with Crippen LogP contribution in [0.5, 0.6) is 11.5 Å². The lowest BCUT2D eigenvalue weighted by Crippen LogP contribution is -1.95. The standard InChI is InChI=1S/C17H15IN4O2/c1-24-15-8-11(7-13(18)17(15)23)10-19-21-16-9-14(20-22-16)12-5-3-2-4-6-12/h2-8,10,14,23H,9H2,1H3/b19-10+,21-16+. The van der Waals surface area contributed by atoms with Crippen molar-refractivity contribution in [3.8, 4) is 11.5 Å². The van der Waals surface area contributed by atoms with Crippen molar-refractivity contribution >= 4 is 34.6 Å². The first-order valence-corrected chi connectivity index (χ1v) is 8.37. The molecule has 1 aliphatic rings. The number of nitrogens with zero attached hydrogens (tertiary/aromatic N) is 4. The number of rotatable bonds is 4. The van der Waals surface area contributed by atoms with E-state index in [9.17, 15) is 5.11 Å². The molecule has 0 spiro atoms. The van der Waals surface area contributed by atoms with Crippen LogP contribution in [0.2, 0.25) is 0 Å². The fraction of sp³-hybridized carbons (Fsp3) is 0.176. The highest BCUT2D eigenvalue weighted by Crippen LogP contribution is 2.32. The quantitative estimate of drug-likeness (QED) is 0.442. The maximum absolute atomic E-state index is 9.83. The van der Waals surface area contributed by atoms with E-state index in [1.165, 1.54) is 7.11 Å². The molecule has 6 nitrogen and oxygen atoms in total. The third-order valence-corrected chi connectivity index (χ3v) is 4.35. The molecule has 7 heteroatoms. The van der Waals surface area contributed by atoms with Gasteiger partial charge < -0.3 is 9.84 Å². The van der Waals surface area contributed by atoms with E-state index in [1.54, 1.807) is 18.3 Å². The lowest BCUT2D eigenvalue weighted by molar-refractivity contribution is 0.371. The zero-order valence-corrected chi connectivity index (χ0v) is 15.1. The summed E-state index contributed by atoms with van der Waals surface area (Å²) in [4.78, 5) is 0. The molecule has 1 N–H and O–H groups in total. The normalized spacial score (nSPS) is 18.6. The number of methoxy groups -OCH3 is 1. The minimum Gasteiger partial charge on any atom is -0.504 e. The highest BCUT2D eigenvalue weighted by molar-refractivity contribution is 14.1. The Morgan fingerprint density at radius 1 is 1.29 bits per heavy atom. The van der Waals surface area contributed by atoms with Crippen molar-refractivity contribution in [2.75, 3.05) is 7.11 Å². The Balaban J connectivity index is 1.70. The molecule has 0 radical (unpaired) electrons. The Hall–Kier alpha value is -2.29. The second-order valence-corrected chi connectivity index (χ2v) is 6.32. The number of phenols is 1. The summed E-state index contributed by atoms with van der Waals surface area (Å²) >= 11 is 2.04. The Labute approximate surface area is 153 Å². The summed E-state index contributed by atoms with van der Waals surface area (Å²) in [5.74, 6) is 1.12. The first-order chi connectivity index (χ1) is 11.7. The van der Waals surface area contributed by atoms with E-state index in [4.69, 9.17) is 4.74 Å². The van der Waals surface area contributed by atoms with E-state index in [0.717, 1.165) is 11.1 Å². The van der Waals surface area contributed by atoms with E-state index in [0.29, 0.717) is 21.6 Å². The SMILES string of the molecule is COc1cc(/C=N/N=C2\CC(c3ccccc3)N=N2)cc(I)c1O. The van der Waals surface area contributed by atoms with Crippen molar-refractivity contribution in [1.82, 2.24) is 0 Å². The van der Waals surface area contributed by atoms with Crippen LogP contribution in [0.3, 0.4) is 0 Å². The summed E-state index contributed by atoms with van der Waals surface area (Å²) in [5.41, 5.74) is 1.90. The molecular formula is C17H15IN4O2. The van der Waals surface area contributed by atoms with Gasteiger partial charge in [0.1, 0.15) is 6.04 Å². The molecule has 24 heavy (non-hydrogen) atoms. The van der Waals surface area contributed by atoms with Crippen LogP contribution in [0.4, 0.5) is 0 Å². The van der Waals surface area contributed by atoms with E-state index < -0.39 is 0 Å². The van der Waals surface area contributed by atoms with Gasteiger partial charge in [0.15, 0.2) is 17.3 Å². The van der Waals surface area contributed by atoms with Gasteiger partial charge in [-0.15, -0.1) is 10.2 Å². The summed E-state index contributed by atoms with van der Waals surface area (Å²) in [7, 11) is 1.51. The Morgan fingerprint density at radius 2 is 2.08 bits per heavy atom. The molecule has 3 rings (SSSR count). The van der Waals surface area contributed by atoms with Gasteiger partial charge >= 0.3 is 0 Å². The second kappa shape index (κ2) is 7.52. The van der Waals surface area contributed by atoms with Gasteiger partial charge in [0.05, 0.1) is 16.9 Å². The van der Waals surface area contributed by atoms with Crippen LogP contribution in [0.15, 0.2) is 62.9 Å². The monoisotopic (exact) mass is 434 g/mol. The molecule has 1 heterocycles. The van der Waals surface area contributed by atoms with Gasteiger partial charge in [-0.2, -0.15) is 10.2 Å². The summed E-state index contributed by atoms with van der Waals surface area (Å²) in [5, 5.41) is 26.3. The van der Waals surface area contributed by atoms with E-state index in [2.05, 4.69) is 20.4 Å². The second-order valence-electron chi connectivity index (χ2n) is 5.16. The van der Waals surface area contributed by atoms with E-state index >= 15 is 0 Å². The minimum absolute atomic E-state index is 0.00913. The number of hydrogen-bond acceptors (Lipinski definition) is 5. The van der Waals surface area contributed by atoms with Crippen LogP contribution in [-0.4, -0.2) is 24.3 Å². The highest BCUT2D eigenvalue weighted by atomic mass is 127. The number of ether oxygens (including phenoxy) is 1. The third kappa shape index (κ3) is 3.78. The van der Waals surface area contributed by atoms with Gasteiger partial charge in [-0.05, 0) is 45.9 Å². The van der Waals surface area contributed by atoms with Crippen LogP contribution in [-0.2, 0) is 0 Å². The number of aromatic hydroxyl groups is 1. The molecule has 2 aromatic rings. The van der Waals surface area contributed by atoms with Gasteiger partial charge in [0.25, 0.3) is 0 Å². The molecule has 1 aliphatic heterocycles. The van der Waals surface area contributed by atoms with Gasteiger partial charge in [0.2, 0.25) is 0 Å². The van der Waals surface area contributed by atoms with Crippen molar-refractivity contribution in [3.63, 3.8) is 0 Å². The molecule has 0 bridgehead atoms. The molecule has 1 atom stereocenters. The van der Waals surface area contributed by atoms with Crippen molar-refractivity contribution in [3.05, 3.63) is 57.2 Å². The van der Waals surface area contributed by atoms with E-state index in [-0.39, 0.29) is 11.8 Å². The fourth-order valence-corrected chi connectivity index (χ4v) is 2.92. The number of azo groups is 1. The van der Waals surface area contributed by atoms with Crippen molar-refractivity contribution < 1.29 is 9.84 Å². The number of phenolic OH excluding ortho intramolecular Hbond substituents is 1. The zero-order chi connectivity index (χ0) is 16.9. The molecule has 2 aromatic carbocycles. The van der Waals surface area contributed by atoms with Crippen LogP contribution in [0.25, 0.3) is 0 Å². The number of hydrogen-bond donors (Lipinski definition) is 1. The minimum atomic E-state index is 0.00913. The molecule has 0 saturated heterocycles. The third-order valence-electron chi connectivity index (χ3n) is 3.52. The van der Waals surface area contributed by atoms with E-state index in [1.807, 2.05) is 52.9 Å². The van der Waals surface area contributed by atoms with Gasteiger partial charge in [0, 0.05) is 6.42 Å².